The lowest BCUT2D eigenvalue weighted by Crippen LogP contribution is -2.35. The van der Waals surface area contributed by atoms with E-state index in [2.05, 4.69) is 61.3 Å². The van der Waals surface area contributed by atoms with Gasteiger partial charge in [0.05, 0.1) is 27.6 Å². The number of ether oxygens (including phenoxy) is 2. The summed E-state index contributed by atoms with van der Waals surface area (Å²) in [4.78, 5) is 49.3. The molecule has 2 amide bonds. The quantitative estimate of drug-likeness (QED) is 0.0745. The van der Waals surface area contributed by atoms with Gasteiger partial charge in [-0.15, -0.1) is 0 Å². The van der Waals surface area contributed by atoms with Crippen molar-refractivity contribution in [1.82, 2.24) is 19.6 Å². The molecule has 0 saturated carbocycles. The van der Waals surface area contributed by atoms with Crippen molar-refractivity contribution in [3.63, 3.8) is 0 Å². The first-order valence-corrected chi connectivity index (χ1v) is 23.1. The van der Waals surface area contributed by atoms with Crippen molar-refractivity contribution in [1.29, 1.82) is 0 Å². The number of fused-ring (bicyclic) bond motifs is 1. The van der Waals surface area contributed by atoms with Crippen LogP contribution in [0.2, 0.25) is 0 Å². The normalized spacial score (nSPS) is 18.3. The molecule has 9 rings (SSSR count). The van der Waals surface area contributed by atoms with Crippen LogP contribution in [0.25, 0.3) is 22.2 Å². The van der Waals surface area contributed by atoms with E-state index in [0.717, 1.165) is 67.9 Å². The number of benzene rings is 4. The third kappa shape index (κ3) is 9.01. The number of likely N-dealkylation sites (tertiary alicyclic amines) is 1. The zero-order valence-electron chi connectivity index (χ0n) is 35.4. The van der Waals surface area contributed by atoms with E-state index < -0.39 is 31.4 Å². The largest absolute Gasteiger partial charge is 0.455 e. The first kappa shape index (κ1) is 42.5. The van der Waals surface area contributed by atoms with Crippen LogP contribution in [0.5, 0.6) is 11.5 Å². The topological polar surface area (TPSA) is 189 Å². The second-order valence-electron chi connectivity index (χ2n) is 16.7. The second-order valence-corrected chi connectivity index (χ2v) is 18.4. The van der Waals surface area contributed by atoms with Crippen molar-refractivity contribution in [3.8, 4) is 22.6 Å². The Hall–Kier alpha value is -6.78. The van der Waals surface area contributed by atoms with Gasteiger partial charge in [0.25, 0.3) is 21.6 Å². The number of pyridine rings is 1. The van der Waals surface area contributed by atoms with Crippen LogP contribution in [0.1, 0.15) is 72.0 Å². The van der Waals surface area contributed by atoms with E-state index in [0.29, 0.717) is 43.1 Å². The summed E-state index contributed by atoms with van der Waals surface area (Å²) in [6, 6.07) is 28.9. The zero-order valence-corrected chi connectivity index (χ0v) is 36.2. The summed E-state index contributed by atoms with van der Waals surface area (Å²) >= 11 is 0. The van der Waals surface area contributed by atoms with Crippen LogP contribution in [0.4, 0.5) is 17.1 Å². The molecule has 0 spiro atoms. The number of carbonyl (C=O) groups excluding carboxylic acids is 2. The first-order chi connectivity index (χ1) is 31.0. The van der Waals surface area contributed by atoms with Gasteiger partial charge < -0.3 is 29.6 Å². The number of hydrogen-bond donors (Lipinski definition) is 3. The zero-order chi connectivity index (χ0) is 44.4. The molecular weight excluding hydrogens is 835 g/mol. The SMILES string of the molecule is CN1CCC(c2ccccc2[C@H]2CCCN2c2ccc(-c3ccc(C(=O)NS(=O)(=O)c4ccc(NCC5CCOCC5)c([N+](=O)[O-])c4)c(Oc4cnc5[nH]ccc5c4)c3)cc2)CC1=O. The predicted molar refractivity (Wildman–Crippen MR) is 243 cm³/mol. The van der Waals surface area contributed by atoms with Crippen LogP contribution < -0.4 is 19.7 Å². The molecule has 4 aromatic carbocycles. The third-order valence-electron chi connectivity index (χ3n) is 12.7. The van der Waals surface area contributed by atoms with Gasteiger partial charge in [0.1, 0.15) is 22.8 Å². The summed E-state index contributed by atoms with van der Waals surface area (Å²) in [7, 11) is -2.71. The third-order valence-corrected chi connectivity index (χ3v) is 14.0. The number of amides is 2. The summed E-state index contributed by atoms with van der Waals surface area (Å²) < 4.78 is 41.2. The standard InChI is InChI=1S/C48H49N7O8S/c1-53-22-17-34(27-46(53)56)39-5-2-3-6-40(39)43-7-4-21-54(43)36-11-8-32(9-12-36)33-10-14-41(45(26-33)63-37-25-35-16-20-49-47(35)51-30-37)48(57)52-64(60,61)38-13-15-42(44(28-38)55(58)59)50-29-31-18-23-62-24-19-31/h2-3,5-6,8-16,20,25-26,28,30-31,34,43,50H,4,7,17-19,21-24,27,29H2,1H3,(H,49,51)(H,52,57)/t34?,43-/m1/s1. The molecule has 3 aliphatic rings. The molecule has 0 radical (unpaired) electrons. The Bertz CT molecular complexity index is 2820. The Morgan fingerprint density at radius 2 is 1.72 bits per heavy atom. The molecule has 1 unspecified atom stereocenters. The molecule has 3 N–H and O–H groups in total. The Balaban J connectivity index is 0.972. The first-order valence-electron chi connectivity index (χ1n) is 21.6. The highest BCUT2D eigenvalue weighted by molar-refractivity contribution is 7.90. The maximum atomic E-state index is 13.9. The van der Waals surface area contributed by atoms with Crippen molar-refractivity contribution in [2.45, 2.75) is 55.4 Å². The molecule has 15 nitrogen and oxygen atoms in total. The van der Waals surface area contributed by atoms with E-state index in [-0.39, 0.29) is 40.8 Å². The van der Waals surface area contributed by atoms with Gasteiger partial charge in [0.15, 0.2) is 0 Å². The van der Waals surface area contributed by atoms with Crippen LogP contribution in [-0.2, 0) is 19.6 Å². The second kappa shape index (κ2) is 18.1. The number of piperidine rings is 1. The van der Waals surface area contributed by atoms with Gasteiger partial charge in [-0.3, -0.25) is 19.7 Å². The summed E-state index contributed by atoms with van der Waals surface area (Å²) in [5, 5.41) is 16.0. The van der Waals surface area contributed by atoms with Gasteiger partial charge in [-0.1, -0.05) is 42.5 Å². The van der Waals surface area contributed by atoms with Crippen molar-refractivity contribution >= 4 is 49.9 Å². The highest BCUT2D eigenvalue weighted by atomic mass is 32.2. The van der Waals surface area contributed by atoms with E-state index in [1.807, 2.05) is 30.1 Å². The molecule has 5 heterocycles. The predicted octanol–water partition coefficient (Wildman–Crippen LogP) is 8.56. The van der Waals surface area contributed by atoms with Crippen LogP contribution in [0, 0.1) is 16.0 Å². The molecule has 2 atom stereocenters. The number of nitrogens with zero attached hydrogens (tertiary/aromatic N) is 4. The molecule has 3 saturated heterocycles. The number of nitrogens with one attached hydrogen (secondary N) is 3. The Morgan fingerprint density at radius 1 is 0.938 bits per heavy atom. The summed E-state index contributed by atoms with van der Waals surface area (Å²) in [5.41, 5.74) is 5.46. The highest BCUT2D eigenvalue weighted by Crippen LogP contribution is 2.42. The lowest BCUT2D eigenvalue weighted by molar-refractivity contribution is -0.384. The molecular formula is C48H49N7O8S. The molecule has 3 fully saturated rings. The lowest BCUT2D eigenvalue weighted by Gasteiger charge is -2.33. The molecule has 6 aromatic rings. The molecule has 16 heteroatoms. The minimum absolute atomic E-state index is 0.0766. The van der Waals surface area contributed by atoms with Crippen molar-refractivity contribution in [2.75, 3.05) is 50.1 Å². The molecule has 0 bridgehead atoms. The maximum Gasteiger partial charge on any atom is 0.293 e. The average Bonchev–Trinajstić information content (AvgIpc) is 4.00. The number of nitro groups is 1. The Labute approximate surface area is 371 Å². The number of aromatic nitrogens is 2. The fourth-order valence-corrected chi connectivity index (χ4v) is 10.1. The van der Waals surface area contributed by atoms with E-state index in [9.17, 15) is 28.1 Å². The number of anilines is 2. The molecule has 0 aliphatic carbocycles. The van der Waals surface area contributed by atoms with E-state index in [4.69, 9.17) is 9.47 Å². The Kier molecular flexibility index (Phi) is 12.0. The fraction of sp³-hybridized carbons (Fsp3) is 0.312. The van der Waals surface area contributed by atoms with Gasteiger partial charge in [0.2, 0.25) is 5.91 Å². The van der Waals surface area contributed by atoms with Crippen LogP contribution in [-0.4, -0.2) is 79.9 Å². The van der Waals surface area contributed by atoms with Gasteiger partial charge in [-0.05, 0) is 115 Å². The smallest absolute Gasteiger partial charge is 0.293 e. The minimum Gasteiger partial charge on any atom is -0.455 e. The van der Waals surface area contributed by atoms with Crippen molar-refractivity contribution < 1.29 is 32.4 Å². The number of nitro benzene ring substituents is 1. The number of sulfonamides is 1. The van der Waals surface area contributed by atoms with Gasteiger partial charge in [-0.2, -0.15) is 0 Å². The van der Waals surface area contributed by atoms with Gasteiger partial charge in [0, 0.05) is 69.7 Å². The number of H-pyrrole nitrogens is 1. The number of aromatic amines is 1. The monoisotopic (exact) mass is 883 g/mol. The summed E-state index contributed by atoms with van der Waals surface area (Å²) in [6.45, 7) is 3.35. The maximum absolute atomic E-state index is 13.9. The van der Waals surface area contributed by atoms with E-state index in [1.54, 1.807) is 24.4 Å². The van der Waals surface area contributed by atoms with Crippen molar-refractivity contribution in [2.24, 2.45) is 5.92 Å². The average molecular weight is 884 g/mol. The summed E-state index contributed by atoms with van der Waals surface area (Å²) in [5.74, 6) is 0.0463. The highest BCUT2D eigenvalue weighted by Gasteiger charge is 2.33. The van der Waals surface area contributed by atoms with Crippen molar-refractivity contribution in [3.05, 3.63) is 136 Å². The van der Waals surface area contributed by atoms with Gasteiger partial charge in [-0.25, -0.2) is 18.1 Å². The number of carbonyl (C=O) groups is 2. The Morgan fingerprint density at radius 3 is 2.50 bits per heavy atom. The van der Waals surface area contributed by atoms with Crippen LogP contribution >= 0.6 is 0 Å². The number of rotatable bonds is 13. The molecule has 64 heavy (non-hydrogen) atoms. The van der Waals surface area contributed by atoms with Gasteiger partial charge >= 0.3 is 0 Å². The van der Waals surface area contributed by atoms with E-state index >= 15 is 0 Å². The van der Waals surface area contributed by atoms with Crippen LogP contribution in [0.15, 0.2) is 114 Å². The summed E-state index contributed by atoms with van der Waals surface area (Å²) in [6.07, 6.45) is 8.37. The lowest BCUT2D eigenvalue weighted by atomic mass is 9.84. The minimum atomic E-state index is -4.58. The molecule has 330 valence electrons. The molecule has 3 aliphatic heterocycles. The fourth-order valence-electron chi connectivity index (χ4n) is 9.14. The molecule has 2 aromatic heterocycles. The van der Waals surface area contributed by atoms with E-state index in [1.165, 1.54) is 35.5 Å². The number of hydrogen-bond acceptors (Lipinski definition) is 11. The van der Waals surface area contributed by atoms with Crippen LogP contribution in [0.3, 0.4) is 0 Å².